The van der Waals surface area contributed by atoms with Crippen LogP contribution >= 0.6 is 0 Å². The lowest BCUT2D eigenvalue weighted by atomic mass is 9.42. The molecular weight excluding hydrogens is 452 g/mol. The van der Waals surface area contributed by atoms with Gasteiger partial charge in [0.1, 0.15) is 5.60 Å². The van der Waals surface area contributed by atoms with E-state index < -0.39 is 19.5 Å². The van der Waals surface area contributed by atoms with Crippen LogP contribution in [0.5, 0.6) is 0 Å². The molecule has 0 aromatic carbocycles. The summed E-state index contributed by atoms with van der Waals surface area (Å²) in [6.45, 7) is 16.4. The van der Waals surface area contributed by atoms with Crippen molar-refractivity contribution >= 4 is 8.32 Å². The van der Waals surface area contributed by atoms with Gasteiger partial charge in [-0.25, -0.2) is 0 Å². The molecule has 6 rings (SSSR count). The van der Waals surface area contributed by atoms with E-state index in [0.29, 0.717) is 54.5 Å². The highest BCUT2D eigenvalue weighted by molar-refractivity contribution is 6.74. The predicted molar refractivity (Wildman–Crippen MR) is 140 cm³/mol. The number of aliphatic hydroxyl groups is 3. The lowest BCUT2D eigenvalue weighted by Crippen LogP contribution is -2.65. The monoisotopic (exact) mass is 500 g/mol. The van der Waals surface area contributed by atoms with Gasteiger partial charge in [-0.1, -0.05) is 46.5 Å². The van der Waals surface area contributed by atoms with Crippen LogP contribution in [0, 0.1) is 64.1 Å². The first-order chi connectivity index (χ1) is 16.1. The minimum Gasteiger partial charge on any atom is -0.406 e. The van der Waals surface area contributed by atoms with E-state index >= 15 is 0 Å². The molecule has 12 unspecified atom stereocenters. The number of aliphatic hydroxyl groups excluding tert-OH is 1. The Morgan fingerprint density at radius 3 is 2.29 bits per heavy atom. The number of hydrogen-bond acceptors (Lipinski definition) is 4. The Balaban J connectivity index is 1.27. The number of fused-ring (bicyclic) bond motifs is 10. The average Bonchev–Trinajstić information content (AvgIpc) is 3.65. The summed E-state index contributed by atoms with van der Waals surface area (Å²) in [7, 11) is -1.86. The highest BCUT2D eigenvalue weighted by Gasteiger charge is 2.81. The van der Waals surface area contributed by atoms with E-state index in [2.05, 4.69) is 59.6 Å². The molecule has 4 nitrogen and oxygen atoms in total. The summed E-state index contributed by atoms with van der Waals surface area (Å²) in [4.78, 5) is 0. The minimum atomic E-state index is -1.86. The molecule has 0 amide bonds. The maximum atomic E-state index is 12.2. The van der Waals surface area contributed by atoms with Crippen LogP contribution in [0.15, 0.2) is 0 Å². The largest absolute Gasteiger partial charge is 0.406 e. The van der Waals surface area contributed by atoms with Gasteiger partial charge in [0.25, 0.3) is 0 Å². The van der Waals surface area contributed by atoms with E-state index in [0.717, 1.165) is 38.5 Å². The molecule has 0 bridgehead atoms. The molecule has 6 aliphatic carbocycles. The van der Waals surface area contributed by atoms with Crippen LogP contribution in [-0.2, 0) is 4.43 Å². The van der Waals surface area contributed by atoms with Gasteiger partial charge in [0.2, 0.25) is 0 Å². The summed E-state index contributed by atoms with van der Waals surface area (Å²) in [6, 6.07) is 0. The zero-order chi connectivity index (χ0) is 25.4. The molecular formula is C30H48O4Si. The van der Waals surface area contributed by atoms with E-state index in [1.807, 2.05) is 0 Å². The lowest BCUT2D eigenvalue weighted by Gasteiger charge is -2.64. The Labute approximate surface area is 213 Å². The number of rotatable bonds is 2. The van der Waals surface area contributed by atoms with Crippen LogP contribution in [0.2, 0.25) is 18.1 Å². The highest BCUT2D eigenvalue weighted by atomic mass is 28.4. The first-order valence-electron chi connectivity index (χ1n) is 14.4. The molecule has 0 saturated heterocycles. The molecule has 3 N–H and O–H groups in total. The summed E-state index contributed by atoms with van der Waals surface area (Å²) in [5.41, 5.74) is -1.89. The van der Waals surface area contributed by atoms with E-state index in [1.165, 1.54) is 0 Å². The predicted octanol–water partition coefficient (Wildman–Crippen LogP) is 4.97. The Kier molecular flexibility index (Phi) is 5.11. The second-order valence-corrected chi connectivity index (χ2v) is 20.3. The van der Waals surface area contributed by atoms with Gasteiger partial charge in [-0.15, -0.1) is 0 Å². The summed E-state index contributed by atoms with van der Waals surface area (Å²) in [5, 5.41) is 34.8. The molecule has 6 aliphatic rings. The molecule has 0 aromatic heterocycles. The van der Waals surface area contributed by atoms with E-state index in [1.54, 1.807) is 0 Å². The van der Waals surface area contributed by atoms with Gasteiger partial charge in [0.05, 0.1) is 18.3 Å². The molecule has 12 atom stereocenters. The van der Waals surface area contributed by atoms with Gasteiger partial charge in [0.15, 0.2) is 8.32 Å². The highest BCUT2D eigenvalue weighted by Crippen LogP contribution is 2.81. The van der Waals surface area contributed by atoms with Gasteiger partial charge < -0.3 is 19.7 Å². The molecule has 0 aromatic rings. The van der Waals surface area contributed by atoms with Crippen LogP contribution in [0.4, 0.5) is 0 Å². The Hall–Kier alpha value is -0.383. The quantitative estimate of drug-likeness (QED) is 0.370. The standard InChI is InChI=1S/C30H48O4Si/c1-26(2,3)35(6,7)34-14-8-11-29(32)23-16-20(23)25-24-19-15-22(19)30(33)17-18(31)9-12-27(30,4)21(24)10-13-28(25,29)5/h18-25,31-33H,9-10,12-17H2,1-7H3. The van der Waals surface area contributed by atoms with Gasteiger partial charge in [-0.2, -0.15) is 0 Å². The van der Waals surface area contributed by atoms with Gasteiger partial charge in [0, 0.05) is 17.8 Å². The Bertz CT molecular complexity index is 977. The first-order valence-corrected chi connectivity index (χ1v) is 17.3. The second-order valence-electron chi connectivity index (χ2n) is 15.5. The molecule has 6 saturated carbocycles. The third kappa shape index (κ3) is 3.07. The average molecular weight is 501 g/mol. The van der Waals surface area contributed by atoms with Crippen molar-refractivity contribution in [1.29, 1.82) is 0 Å². The number of hydrogen-bond donors (Lipinski definition) is 3. The SMILES string of the molecule is CC12CCC3C(C4CC4C4(O)CC(O)CCC34C)C1C1CC1C2(O)C#CCO[Si](C)(C)C(C)(C)C. The molecule has 196 valence electrons. The van der Waals surface area contributed by atoms with Crippen molar-refractivity contribution in [3.63, 3.8) is 0 Å². The van der Waals surface area contributed by atoms with Crippen LogP contribution in [0.1, 0.15) is 79.6 Å². The van der Waals surface area contributed by atoms with Gasteiger partial charge >= 0.3 is 0 Å². The van der Waals surface area contributed by atoms with Crippen LogP contribution in [0.3, 0.4) is 0 Å². The van der Waals surface area contributed by atoms with Crippen molar-refractivity contribution in [3.05, 3.63) is 0 Å². The summed E-state index contributed by atoms with van der Waals surface area (Å²) >= 11 is 0. The van der Waals surface area contributed by atoms with E-state index in [-0.39, 0.29) is 22.0 Å². The van der Waals surface area contributed by atoms with E-state index in [4.69, 9.17) is 4.43 Å². The molecule has 0 spiro atoms. The first kappa shape index (κ1) is 24.9. The zero-order valence-electron chi connectivity index (χ0n) is 23.0. The van der Waals surface area contributed by atoms with Crippen molar-refractivity contribution in [1.82, 2.24) is 0 Å². The van der Waals surface area contributed by atoms with Crippen molar-refractivity contribution in [2.75, 3.05) is 6.61 Å². The lowest BCUT2D eigenvalue weighted by molar-refractivity contribution is -0.233. The molecule has 5 heteroatoms. The maximum Gasteiger partial charge on any atom is 0.193 e. The molecule has 0 radical (unpaired) electrons. The molecule has 35 heavy (non-hydrogen) atoms. The van der Waals surface area contributed by atoms with Crippen molar-refractivity contribution in [2.24, 2.45) is 52.3 Å². The van der Waals surface area contributed by atoms with E-state index in [9.17, 15) is 15.3 Å². The Morgan fingerprint density at radius 2 is 1.60 bits per heavy atom. The van der Waals surface area contributed by atoms with Crippen molar-refractivity contribution in [2.45, 2.75) is 115 Å². The summed E-state index contributed by atoms with van der Waals surface area (Å²) in [5.74, 6) is 10.1. The third-order valence-corrected chi connectivity index (χ3v) is 17.7. The normalized spacial score (nSPS) is 55.9. The van der Waals surface area contributed by atoms with Crippen LogP contribution < -0.4 is 0 Å². The fourth-order valence-corrected chi connectivity index (χ4v) is 10.9. The summed E-state index contributed by atoms with van der Waals surface area (Å²) in [6.07, 6.45) is 6.23. The second kappa shape index (κ2) is 7.17. The molecule has 0 heterocycles. The summed E-state index contributed by atoms with van der Waals surface area (Å²) < 4.78 is 6.32. The molecule has 0 aliphatic heterocycles. The minimum absolute atomic E-state index is 0.107. The fraction of sp³-hybridized carbons (Fsp3) is 0.933. The zero-order valence-corrected chi connectivity index (χ0v) is 24.0. The molecule has 6 fully saturated rings. The Morgan fingerprint density at radius 1 is 0.943 bits per heavy atom. The van der Waals surface area contributed by atoms with Crippen molar-refractivity contribution in [3.8, 4) is 11.8 Å². The van der Waals surface area contributed by atoms with Gasteiger partial charge in [-0.05, 0) is 97.6 Å². The van der Waals surface area contributed by atoms with Crippen LogP contribution in [-0.4, -0.2) is 47.5 Å². The topological polar surface area (TPSA) is 69.9 Å². The smallest absolute Gasteiger partial charge is 0.193 e. The fourth-order valence-electron chi connectivity index (χ4n) is 10.0. The third-order valence-electron chi connectivity index (χ3n) is 13.2. The van der Waals surface area contributed by atoms with Gasteiger partial charge in [-0.3, -0.25) is 0 Å². The van der Waals surface area contributed by atoms with Crippen LogP contribution in [0.25, 0.3) is 0 Å². The maximum absolute atomic E-state index is 12.2. The van der Waals surface area contributed by atoms with Crippen molar-refractivity contribution < 1.29 is 19.7 Å².